The zero-order chi connectivity index (χ0) is 26.7. The van der Waals surface area contributed by atoms with E-state index in [1.54, 1.807) is 0 Å². The van der Waals surface area contributed by atoms with Crippen molar-refractivity contribution in [1.29, 1.82) is 0 Å². The molecule has 0 aliphatic carbocycles. The number of hydrogen-bond acceptors (Lipinski definition) is 6. The Morgan fingerprint density at radius 2 is 1.62 bits per heavy atom. The third-order valence-corrected chi connectivity index (χ3v) is 6.77. The van der Waals surface area contributed by atoms with E-state index in [0.717, 1.165) is 64.3 Å². The van der Waals surface area contributed by atoms with Crippen molar-refractivity contribution in [3.05, 3.63) is 60.2 Å². The molecule has 0 radical (unpaired) electrons. The van der Waals surface area contributed by atoms with Gasteiger partial charge in [-0.05, 0) is 57.4 Å². The maximum atomic E-state index is 12.7. The van der Waals surface area contributed by atoms with E-state index in [9.17, 15) is 9.59 Å². The van der Waals surface area contributed by atoms with Gasteiger partial charge in [-0.3, -0.25) is 14.5 Å². The average molecular weight is 509 g/mol. The van der Waals surface area contributed by atoms with Gasteiger partial charge in [-0.1, -0.05) is 43.3 Å². The van der Waals surface area contributed by atoms with Gasteiger partial charge in [-0.15, -0.1) is 0 Å². The highest BCUT2D eigenvalue weighted by atomic mass is 16.5. The van der Waals surface area contributed by atoms with Gasteiger partial charge in [-0.25, -0.2) is 0 Å². The minimum atomic E-state index is -0.318. The number of carbonyl (C=O) groups is 2. The van der Waals surface area contributed by atoms with Crippen molar-refractivity contribution in [3.63, 3.8) is 0 Å². The first kappa shape index (κ1) is 28.7. The van der Waals surface area contributed by atoms with Gasteiger partial charge in [-0.2, -0.15) is 0 Å². The Labute approximate surface area is 222 Å². The van der Waals surface area contributed by atoms with E-state index in [1.165, 1.54) is 11.3 Å². The molecule has 202 valence electrons. The Hall–Kier alpha value is -2.90. The summed E-state index contributed by atoms with van der Waals surface area (Å²) in [6.07, 6.45) is 2.55. The predicted octanol–water partition coefficient (Wildman–Crippen LogP) is 4.46. The molecule has 1 amide bonds. The van der Waals surface area contributed by atoms with E-state index in [-0.39, 0.29) is 17.6 Å². The van der Waals surface area contributed by atoms with E-state index in [0.29, 0.717) is 12.9 Å². The quantitative estimate of drug-likeness (QED) is 0.557. The number of anilines is 2. The SMILES string of the molecule is CC(C)(C)OC=O.CCC(=O)N(c1ccccc1)C1CCN(c2ccccc2CN2CCNCC2)CC1. The third kappa shape index (κ3) is 8.86. The Morgan fingerprint density at radius 3 is 2.19 bits per heavy atom. The summed E-state index contributed by atoms with van der Waals surface area (Å²) in [6.45, 7) is 15.3. The second kappa shape index (κ2) is 14.1. The second-order valence-corrected chi connectivity index (χ2v) is 10.7. The highest BCUT2D eigenvalue weighted by Crippen LogP contribution is 2.29. The minimum Gasteiger partial charge on any atom is -0.462 e. The van der Waals surface area contributed by atoms with E-state index >= 15 is 0 Å². The molecule has 2 aliphatic heterocycles. The lowest BCUT2D eigenvalue weighted by Gasteiger charge is -2.40. The van der Waals surface area contributed by atoms with Crippen LogP contribution in [0.1, 0.15) is 52.5 Å². The summed E-state index contributed by atoms with van der Waals surface area (Å²) in [5.74, 6) is 0.221. The molecule has 0 saturated carbocycles. The van der Waals surface area contributed by atoms with Crippen LogP contribution < -0.4 is 15.1 Å². The molecular formula is C30H44N4O3. The van der Waals surface area contributed by atoms with Crippen LogP contribution in [-0.4, -0.2) is 68.2 Å². The number of rotatable bonds is 7. The molecule has 0 unspecified atom stereocenters. The van der Waals surface area contributed by atoms with Gasteiger partial charge in [0.15, 0.2) is 0 Å². The number of piperidine rings is 1. The van der Waals surface area contributed by atoms with Crippen LogP contribution in [0.15, 0.2) is 54.6 Å². The molecule has 0 bridgehead atoms. The maximum Gasteiger partial charge on any atom is 0.293 e. The normalized spacial score (nSPS) is 16.9. The van der Waals surface area contributed by atoms with Crippen LogP contribution in [0, 0.1) is 0 Å². The summed E-state index contributed by atoms with van der Waals surface area (Å²) in [4.78, 5) is 29.4. The molecule has 2 heterocycles. The number of benzene rings is 2. The van der Waals surface area contributed by atoms with Gasteiger partial charge >= 0.3 is 0 Å². The highest BCUT2D eigenvalue weighted by molar-refractivity contribution is 5.93. The van der Waals surface area contributed by atoms with E-state index < -0.39 is 0 Å². The fraction of sp³-hybridized carbons (Fsp3) is 0.533. The lowest BCUT2D eigenvalue weighted by molar-refractivity contribution is -0.138. The number of piperazine rings is 1. The number of nitrogens with zero attached hydrogens (tertiary/aromatic N) is 3. The Bertz CT molecular complexity index is 962. The van der Waals surface area contributed by atoms with Crippen LogP contribution in [-0.2, 0) is 20.9 Å². The molecule has 2 saturated heterocycles. The summed E-state index contributed by atoms with van der Waals surface area (Å²) < 4.78 is 4.55. The van der Waals surface area contributed by atoms with Gasteiger partial charge in [0.25, 0.3) is 6.47 Å². The molecule has 2 aliphatic rings. The molecule has 7 nitrogen and oxygen atoms in total. The molecule has 7 heteroatoms. The molecule has 2 aromatic carbocycles. The van der Waals surface area contributed by atoms with E-state index in [1.807, 2.05) is 50.8 Å². The summed E-state index contributed by atoms with van der Waals surface area (Å²) >= 11 is 0. The van der Waals surface area contributed by atoms with Crippen molar-refractivity contribution >= 4 is 23.8 Å². The van der Waals surface area contributed by atoms with Crippen molar-refractivity contribution < 1.29 is 14.3 Å². The number of para-hydroxylation sites is 2. The largest absolute Gasteiger partial charge is 0.462 e. The Morgan fingerprint density at radius 1 is 1.00 bits per heavy atom. The molecular weight excluding hydrogens is 464 g/mol. The van der Waals surface area contributed by atoms with Crippen LogP contribution in [0.5, 0.6) is 0 Å². The molecule has 1 N–H and O–H groups in total. The van der Waals surface area contributed by atoms with E-state index in [2.05, 4.69) is 56.3 Å². The summed E-state index contributed by atoms with van der Waals surface area (Å²) in [5.41, 5.74) is 3.49. The van der Waals surface area contributed by atoms with Gasteiger partial charge in [0.05, 0.1) is 0 Å². The smallest absolute Gasteiger partial charge is 0.293 e. The van der Waals surface area contributed by atoms with Gasteiger partial charge in [0.1, 0.15) is 5.60 Å². The summed E-state index contributed by atoms with van der Waals surface area (Å²) in [5, 5.41) is 3.44. The number of nitrogens with one attached hydrogen (secondary N) is 1. The summed E-state index contributed by atoms with van der Waals surface area (Å²) in [7, 11) is 0. The molecule has 37 heavy (non-hydrogen) atoms. The zero-order valence-corrected chi connectivity index (χ0v) is 23.0. The monoisotopic (exact) mass is 508 g/mol. The first-order chi connectivity index (χ1) is 17.8. The second-order valence-electron chi connectivity index (χ2n) is 10.7. The Kier molecular flexibility index (Phi) is 11.0. The Balaban J connectivity index is 0.000000479. The van der Waals surface area contributed by atoms with E-state index in [4.69, 9.17) is 0 Å². The first-order valence-corrected chi connectivity index (χ1v) is 13.6. The van der Waals surface area contributed by atoms with Crippen molar-refractivity contribution in [1.82, 2.24) is 10.2 Å². The lowest BCUT2D eigenvalue weighted by atomic mass is 10.00. The highest BCUT2D eigenvalue weighted by Gasteiger charge is 2.29. The molecule has 2 aromatic rings. The number of ether oxygens (including phenoxy) is 1. The molecule has 0 aromatic heterocycles. The zero-order valence-electron chi connectivity index (χ0n) is 23.0. The fourth-order valence-electron chi connectivity index (χ4n) is 4.89. The maximum absolute atomic E-state index is 12.7. The number of hydrogen-bond donors (Lipinski definition) is 1. The van der Waals surface area contributed by atoms with Crippen molar-refractivity contribution in [2.24, 2.45) is 0 Å². The molecule has 0 atom stereocenters. The molecule has 2 fully saturated rings. The molecule has 0 spiro atoms. The predicted molar refractivity (Wildman–Crippen MR) is 151 cm³/mol. The molecule has 4 rings (SSSR count). The van der Waals surface area contributed by atoms with Crippen LogP contribution in [0.3, 0.4) is 0 Å². The van der Waals surface area contributed by atoms with Crippen molar-refractivity contribution in [3.8, 4) is 0 Å². The van der Waals surface area contributed by atoms with Crippen LogP contribution in [0.25, 0.3) is 0 Å². The van der Waals surface area contributed by atoms with Gasteiger partial charge < -0.3 is 19.9 Å². The van der Waals surface area contributed by atoms with Crippen LogP contribution >= 0.6 is 0 Å². The van der Waals surface area contributed by atoms with Crippen molar-refractivity contribution in [2.75, 3.05) is 49.1 Å². The summed E-state index contributed by atoms with van der Waals surface area (Å²) in [6, 6.07) is 19.3. The first-order valence-electron chi connectivity index (χ1n) is 13.6. The van der Waals surface area contributed by atoms with Crippen LogP contribution in [0.2, 0.25) is 0 Å². The van der Waals surface area contributed by atoms with Crippen LogP contribution in [0.4, 0.5) is 11.4 Å². The lowest BCUT2D eigenvalue weighted by Crippen LogP contribution is -2.48. The fourth-order valence-corrected chi connectivity index (χ4v) is 4.89. The van der Waals surface area contributed by atoms with Gasteiger partial charge in [0, 0.05) is 69.7 Å². The minimum absolute atomic E-state index is 0.221. The number of carbonyl (C=O) groups excluding carboxylic acids is 2. The topological polar surface area (TPSA) is 65.1 Å². The average Bonchev–Trinajstić information content (AvgIpc) is 2.90. The third-order valence-electron chi connectivity index (χ3n) is 6.77. The number of amides is 1. The van der Waals surface area contributed by atoms with Gasteiger partial charge in [0.2, 0.25) is 5.91 Å². The van der Waals surface area contributed by atoms with Crippen molar-refractivity contribution in [2.45, 2.75) is 65.1 Å². The standard InChI is InChI=1S/C25H34N4O.C5H10O2/c1-2-25(30)29(22-9-4-3-5-10-22)23-12-16-28(17-13-23)24-11-7-6-8-21(24)20-27-18-14-26-15-19-27;1-5(2,3)7-4-6/h3-11,23,26H,2,12-20H2,1H3;4H,1-3H3.